The van der Waals surface area contributed by atoms with E-state index in [9.17, 15) is 0 Å². The fourth-order valence-corrected chi connectivity index (χ4v) is 11.1. The Kier molecular flexibility index (Phi) is 8.48. The molecule has 0 amide bonds. The molecule has 2 aliphatic rings. The topological polar surface area (TPSA) is 6.48 Å². The summed E-state index contributed by atoms with van der Waals surface area (Å²) < 4.78 is 0. The van der Waals surface area contributed by atoms with Crippen LogP contribution >= 0.6 is 0 Å². The number of benzene rings is 9. The highest BCUT2D eigenvalue weighted by molar-refractivity contribution is 6.14. The van der Waals surface area contributed by atoms with Gasteiger partial charge in [-0.1, -0.05) is 100 Å². The molecule has 0 saturated carbocycles. The molecule has 0 bridgehead atoms. The van der Waals surface area contributed by atoms with Gasteiger partial charge in [0.1, 0.15) is 0 Å². The molecule has 0 aliphatic heterocycles. The molecule has 0 aromatic heterocycles. The fraction of sp³-hybridized carbons (Fsp3) is 0.167. The predicted octanol–water partition coefficient (Wildman–Crippen LogP) is 16.8. The molecule has 0 unspecified atom stereocenters. The van der Waals surface area contributed by atoms with Crippen molar-refractivity contribution in [3.05, 3.63) is 214 Å². The SMILES string of the molecule is Cc1cc(N(c2ccccc2)c2ccccc2)cc2c1-c1cc3c(C)c(C)c4cc5c(cc4c3cc1C2(C)C)C(C)(C)c1cc(N(c2ccccc2)c2ccccc2)cc(C)c1-5. The van der Waals surface area contributed by atoms with Crippen LogP contribution in [0.5, 0.6) is 0 Å². The summed E-state index contributed by atoms with van der Waals surface area (Å²) in [5.41, 5.74) is 23.0. The molecule has 9 aromatic rings. The van der Waals surface area contributed by atoms with Crippen molar-refractivity contribution in [2.75, 3.05) is 9.80 Å². The monoisotopic (exact) mass is 800 g/mol. The van der Waals surface area contributed by atoms with Gasteiger partial charge in [-0.25, -0.2) is 0 Å². The van der Waals surface area contributed by atoms with Gasteiger partial charge in [0.15, 0.2) is 0 Å². The smallest absolute Gasteiger partial charge is 0.0467 e. The molecule has 2 nitrogen and oxygen atoms in total. The second kappa shape index (κ2) is 13.8. The van der Waals surface area contributed by atoms with E-state index in [-0.39, 0.29) is 10.8 Å². The second-order valence-corrected chi connectivity index (χ2v) is 18.8. The van der Waals surface area contributed by atoms with E-state index in [2.05, 4.69) is 235 Å². The van der Waals surface area contributed by atoms with E-state index in [1.54, 1.807) is 0 Å². The summed E-state index contributed by atoms with van der Waals surface area (Å²) in [6.45, 7) is 19.0. The van der Waals surface area contributed by atoms with E-state index < -0.39 is 0 Å². The van der Waals surface area contributed by atoms with Crippen LogP contribution in [0.1, 0.15) is 72.2 Å². The van der Waals surface area contributed by atoms with Crippen LogP contribution in [0.25, 0.3) is 43.8 Å². The molecule has 0 spiro atoms. The molecule has 0 radical (unpaired) electrons. The van der Waals surface area contributed by atoms with Crippen molar-refractivity contribution < 1.29 is 0 Å². The lowest BCUT2D eigenvalue weighted by molar-refractivity contribution is 0.660. The zero-order valence-electron chi connectivity index (χ0n) is 37.1. The first-order valence-electron chi connectivity index (χ1n) is 22.1. The minimum absolute atomic E-state index is 0.201. The fourth-order valence-electron chi connectivity index (χ4n) is 11.1. The average Bonchev–Trinajstić information content (AvgIpc) is 3.65. The third kappa shape index (κ3) is 5.55. The molecular formula is C60H52N2. The van der Waals surface area contributed by atoms with Gasteiger partial charge < -0.3 is 9.80 Å². The number of hydrogen-bond donors (Lipinski definition) is 0. The lowest BCUT2D eigenvalue weighted by Gasteiger charge is -2.29. The summed E-state index contributed by atoms with van der Waals surface area (Å²) in [4.78, 5) is 4.80. The molecular weight excluding hydrogens is 749 g/mol. The number of rotatable bonds is 6. The summed E-state index contributed by atoms with van der Waals surface area (Å²) in [5.74, 6) is 0. The third-order valence-electron chi connectivity index (χ3n) is 14.4. The number of anilines is 6. The molecule has 0 heterocycles. The first kappa shape index (κ1) is 38.1. The lowest BCUT2D eigenvalue weighted by Crippen LogP contribution is -2.17. The third-order valence-corrected chi connectivity index (χ3v) is 14.4. The number of aryl methyl sites for hydroxylation is 4. The minimum atomic E-state index is -0.201. The number of fused-ring (bicyclic) bond motifs is 9. The highest BCUT2D eigenvalue weighted by Crippen LogP contribution is 2.57. The predicted molar refractivity (Wildman–Crippen MR) is 265 cm³/mol. The van der Waals surface area contributed by atoms with E-state index in [0.717, 1.165) is 22.7 Å². The second-order valence-electron chi connectivity index (χ2n) is 18.8. The Bertz CT molecular complexity index is 2950. The van der Waals surface area contributed by atoms with Crippen LogP contribution in [-0.4, -0.2) is 0 Å². The first-order valence-corrected chi connectivity index (χ1v) is 22.1. The van der Waals surface area contributed by atoms with Crippen molar-refractivity contribution in [3.63, 3.8) is 0 Å². The van der Waals surface area contributed by atoms with Crippen LogP contribution in [0.3, 0.4) is 0 Å². The molecule has 2 aliphatic carbocycles. The maximum atomic E-state index is 2.56. The van der Waals surface area contributed by atoms with E-state index in [1.807, 2.05) is 0 Å². The molecule has 62 heavy (non-hydrogen) atoms. The largest absolute Gasteiger partial charge is 0.310 e. The van der Waals surface area contributed by atoms with Gasteiger partial charge >= 0.3 is 0 Å². The molecule has 11 rings (SSSR count). The van der Waals surface area contributed by atoms with Gasteiger partial charge in [0.25, 0.3) is 0 Å². The van der Waals surface area contributed by atoms with Crippen LogP contribution in [0.2, 0.25) is 0 Å². The Balaban J connectivity index is 1.08. The summed E-state index contributed by atoms with van der Waals surface area (Å²) in [5, 5.41) is 5.40. The molecule has 0 saturated heterocycles. The molecule has 2 heteroatoms. The van der Waals surface area contributed by atoms with E-state index in [1.165, 1.54) is 99.7 Å². The van der Waals surface area contributed by atoms with Crippen molar-refractivity contribution in [1.29, 1.82) is 0 Å². The van der Waals surface area contributed by atoms with E-state index in [4.69, 9.17) is 0 Å². The van der Waals surface area contributed by atoms with Crippen LogP contribution in [-0.2, 0) is 10.8 Å². The summed E-state index contributed by atoms with van der Waals surface area (Å²) >= 11 is 0. The van der Waals surface area contributed by atoms with Crippen molar-refractivity contribution in [2.24, 2.45) is 0 Å². The summed E-state index contributed by atoms with van der Waals surface area (Å²) in [6.07, 6.45) is 0. The number of nitrogens with zero attached hydrogens (tertiary/aromatic N) is 2. The highest BCUT2D eigenvalue weighted by atomic mass is 15.1. The van der Waals surface area contributed by atoms with Gasteiger partial charge in [0.05, 0.1) is 0 Å². The molecule has 302 valence electrons. The molecule has 0 N–H and O–H groups in total. The van der Waals surface area contributed by atoms with Gasteiger partial charge in [0, 0.05) is 45.0 Å². The Morgan fingerprint density at radius 3 is 0.919 bits per heavy atom. The van der Waals surface area contributed by atoms with Crippen LogP contribution in [0.4, 0.5) is 34.1 Å². The average molecular weight is 801 g/mol. The Labute approximate surface area is 366 Å². The Hall–Kier alpha value is -6.90. The van der Waals surface area contributed by atoms with Gasteiger partial charge in [-0.2, -0.15) is 0 Å². The van der Waals surface area contributed by atoms with Gasteiger partial charge in [0.2, 0.25) is 0 Å². The number of para-hydroxylation sites is 4. The molecule has 0 atom stereocenters. The summed E-state index contributed by atoms with van der Waals surface area (Å²) in [7, 11) is 0. The maximum absolute atomic E-state index is 2.56. The maximum Gasteiger partial charge on any atom is 0.0467 e. The van der Waals surface area contributed by atoms with Crippen molar-refractivity contribution in [3.8, 4) is 22.3 Å². The van der Waals surface area contributed by atoms with Gasteiger partial charge in [-0.3, -0.25) is 0 Å². The molecule has 0 fully saturated rings. The van der Waals surface area contributed by atoms with Crippen LogP contribution in [0.15, 0.2) is 170 Å². The van der Waals surface area contributed by atoms with Gasteiger partial charge in [-0.15, -0.1) is 0 Å². The van der Waals surface area contributed by atoms with E-state index in [0.29, 0.717) is 0 Å². The number of hydrogen-bond acceptors (Lipinski definition) is 2. The van der Waals surface area contributed by atoms with Crippen molar-refractivity contribution in [2.45, 2.75) is 66.2 Å². The Morgan fingerprint density at radius 2 is 0.613 bits per heavy atom. The lowest BCUT2D eigenvalue weighted by atomic mass is 9.79. The standard InChI is InChI=1S/C60H52N2/c1-37-29-45(61(41-21-13-9-14-22-41)42-23-15-10-16-24-42)31-55-57(37)51-33-47-39(3)40(4)48-34-52-54(36-50(48)49(47)35-53(51)59(55,5)6)60(7,8)56-32-46(30-38(2)58(52)56)62(43-25-17-11-18-26-43)44-27-19-12-20-28-44/h9-36H,1-8H3. The zero-order chi connectivity index (χ0) is 42.7. The van der Waals surface area contributed by atoms with Gasteiger partial charge in [-0.05, 0) is 213 Å². The minimum Gasteiger partial charge on any atom is -0.310 e. The van der Waals surface area contributed by atoms with Crippen LogP contribution < -0.4 is 9.80 Å². The van der Waals surface area contributed by atoms with E-state index >= 15 is 0 Å². The zero-order valence-corrected chi connectivity index (χ0v) is 37.1. The normalized spacial score (nSPS) is 14.1. The Morgan fingerprint density at radius 1 is 0.306 bits per heavy atom. The van der Waals surface area contributed by atoms with Crippen molar-refractivity contribution in [1.82, 2.24) is 0 Å². The first-order chi connectivity index (χ1) is 29.9. The quantitative estimate of drug-likeness (QED) is 0.155. The molecule has 9 aromatic carbocycles. The van der Waals surface area contributed by atoms with Crippen LogP contribution in [0, 0.1) is 27.7 Å². The van der Waals surface area contributed by atoms with Crippen molar-refractivity contribution >= 4 is 55.7 Å². The summed E-state index contributed by atoms with van der Waals surface area (Å²) in [6, 6.07) is 63.0. The highest BCUT2D eigenvalue weighted by Gasteiger charge is 2.40.